The predicted molar refractivity (Wildman–Crippen MR) is 179 cm³/mol. The summed E-state index contributed by atoms with van der Waals surface area (Å²) in [4.78, 5) is 21.5. The molecule has 6 aromatic rings. The minimum atomic E-state index is -3.78. The lowest BCUT2D eigenvalue weighted by Crippen LogP contribution is -2.25. The smallest absolute Gasteiger partial charge is 0.255 e. The zero-order valence-electron chi connectivity index (χ0n) is 25.9. The van der Waals surface area contributed by atoms with Crippen molar-refractivity contribution in [1.29, 1.82) is 0 Å². The van der Waals surface area contributed by atoms with Crippen LogP contribution in [-0.2, 0) is 14.8 Å². The van der Waals surface area contributed by atoms with Crippen molar-refractivity contribution in [3.8, 4) is 34.0 Å². The number of H-pyrrole nitrogens is 1. The molecule has 12 heteroatoms. The molecule has 3 aromatic heterocycles. The molecular formula is C35H30F2N4O5S. The highest BCUT2D eigenvalue weighted by atomic mass is 32.2. The average Bonchev–Trinajstić information content (AvgIpc) is 3.66. The summed E-state index contributed by atoms with van der Waals surface area (Å²) in [6.45, 7) is 2.31. The Kier molecular flexibility index (Phi) is 8.29. The van der Waals surface area contributed by atoms with Gasteiger partial charge in [-0.25, -0.2) is 22.2 Å². The van der Waals surface area contributed by atoms with Gasteiger partial charge in [-0.2, -0.15) is 0 Å². The van der Waals surface area contributed by atoms with E-state index in [1.807, 2.05) is 6.92 Å². The van der Waals surface area contributed by atoms with E-state index >= 15 is 0 Å². The van der Waals surface area contributed by atoms with Crippen LogP contribution < -0.4 is 9.62 Å². The molecule has 0 aliphatic heterocycles. The standard InChI is InChI=1S/C35H30F2N4O5S/c1-5-45-16-15-20-11-14-28(40-33(20)29-18-23-26(37)7-6-8-27(23)39-29)24-17-25-31(19-30(24)41(3)47(4,43)44)46-34(32(25)35(42)38-2)21-9-12-22(36)13-10-21/h6-19,39H,5H2,1-4H3,(H,38,42). The summed E-state index contributed by atoms with van der Waals surface area (Å²) >= 11 is 0. The first-order valence-electron chi connectivity index (χ1n) is 14.6. The van der Waals surface area contributed by atoms with Crippen LogP contribution in [0, 0.1) is 11.6 Å². The van der Waals surface area contributed by atoms with Gasteiger partial charge in [-0.1, -0.05) is 12.1 Å². The number of rotatable bonds is 9. The lowest BCUT2D eigenvalue weighted by Gasteiger charge is -2.21. The minimum Gasteiger partial charge on any atom is -0.501 e. The molecule has 0 atom stereocenters. The zero-order valence-corrected chi connectivity index (χ0v) is 26.7. The molecule has 2 N–H and O–H groups in total. The number of aromatic amines is 1. The van der Waals surface area contributed by atoms with E-state index in [1.165, 1.54) is 56.8 Å². The fourth-order valence-corrected chi connectivity index (χ4v) is 5.87. The van der Waals surface area contributed by atoms with Crippen LogP contribution in [0.25, 0.3) is 61.9 Å². The third-order valence-electron chi connectivity index (χ3n) is 7.78. The van der Waals surface area contributed by atoms with Gasteiger partial charge < -0.3 is 19.5 Å². The minimum absolute atomic E-state index is 0.187. The van der Waals surface area contributed by atoms with Crippen molar-refractivity contribution in [3.05, 3.63) is 102 Å². The molecule has 240 valence electrons. The van der Waals surface area contributed by atoms with Crippen LogP contribution in [0.3, 0.4) is 0 Å². The second-order valence-corrected chi connectivity index (χ2v) is 12.8. The Labute approximate surface area is 269 Å². The number of carbonyl (C=O) groups is 1. The Morgan fingerprint density at radius 1 is 1.06 bits per heavy atom. The van der Waals surface area contributed by atoms with Gasteiger partial charge in [0, 0.05) is 53.1 Å². The first kappa shape index (κ1) is 31.5. The van der Waals surface area contributed by atoms with Crippen molar-refractivity contribution < 1.29 is 31.1 Å². The van der Waals surface area contributed by atoms with Gasteiger partial charge in [0.05, 0.1) is 47.5 Å². The lowest BCUT2D eigenvalue weighted by atomic mass is 10.00. The molecule has 6 rings (SSSR count). The number of pyridine rings is 1. The number of hydrogen-bond donors (Lipinski definition) is 2. The molecule has 0 saturated carbocycles. The Balaban J connectivity index is 1.64. The van der Waals surface area contributed by atoms with Crippen LogP contribution in [0.5, 0.6) is 0 Å². The number of sulfonamides is 1. The van der Waals surface area contributed by atoms with Gasteiger partial charge in [0.2, 0.25) is 10.0 Å². The van der Waals surface area contributed by atoms with Gasteiger partial charge in [0.15, 0.2) is 0 Å². The first-order valence-corrected chi connectivity index (χ1v) is 16.4. The summed E-state index contributed by atoms with van der Waals surface area (Å²) in [7, 11) is -0.890. The molecule has 0 saturated heterocycles. The maximum atomic E-state index is 14.7. The van der Waals surface area contributed by atoms with Crippen LogP contribution in [0.4, 0.5) is 14.5 Å². The summed E-state index contributed by atoms with van der Waals surface area (Å²) < 4.78 is 66.9. The van der Waals surface area contributed by atoms with Gasteiger partial charge in [-0.05, 0) is 67.6 Å². The molecule has 47 heavy (non-hydrogen) atoms. The Hall–Kier alpha value is -5.49. The fourth-order valence-electron chi connectivity index (χ4n) is 5.37. The third-order valence-corrected chi connectivity index (χ3v) is 8.97. The second-order valence-electron chi connectivity index (χ2n) is 10.8. The van der Waals surface area contributed by atoms with Crippen LogP contribution in [0.1, 0.15) is 22.8 Å². The number of anilines is 1. The normalized spacial score (nSPS) is 11.9. The second kappa shape index (κ2) is 12.4. The fraction of sp³-hybridized carbons (Fsp3) is 0.143. The van der Waals surface area contributed by atoms with Gasteiger partial charge in [0.25, 0.3) is 5.91 Å². The quantitative estimate of drug-likeness (QED) is 0.157. The number of fused-ring (bicyclic) bond motifs is 2. The number of carbonyl (C=O) groups excluding carboxylic acids is 1. The third kappa shape index (κ3) is 5.95. The number of aromatic nitrogens is 2. The highest BCUT2D eigenvalue weighted by Crippen LogP contribution is 2.42. The van der Waals surface area contributed by atoms with E-state index in [0.29, 0.717) is 56.7 Å². The van der Waals surface area contributed by atoms with Crippen molar-refractivity contribution in [3.63, 3.8) is 0 Å². The Morgan fingerprint density at radius 3 is 2.51 bits per heavy atom. The number of nitrogens with one attached hydrogen (secondary N) is 2. The van der Waals surface area contributed by atoms with E-state index in [1.54, 1.807) is 42.5 Å². The van der Waals surface area contributed by atoms with Crippen LogP contribution in [0.15, 0.2) is 83.5 Å². The van der Waals surface area contributed by atoms with E-state index < -0.39 is 27.6 Å². The molecule has 0 fully saturated rings. The van der Waals surface area contributed by atoms with E-state index in [9.17, 15) is 22.0 Å². The number of nitrogens with zero attached hydrogens (tertiary/aromatic N) is 2. The SMILES string of the molecule is CCOC=Cc1ccc(-c2cc3c(C(=O)NC)c(-c4ccc(F)cc4)oc3cc2N(C)S(C)(=O)=O)nc1-c1cc2c(F)cccc2[nH]1. The van der Waals surface area contributed by atoms with Crippen molar-refractivity contribution in [2.75, 3.05) is 31.3 Å². The maximum Gasteiger partial charge on any atom is 0.255 e. The van der Waals surface area contributed by atoms with E-state index in [0.717, 1.165) is 10.6 Å². The summed E-state index contributed by atoms with van der Waals surface area (Å²) in [6.07, 6.45) is 4.35. The summed E-state index contributed by atoms with van der Waals surface area (Å²) in [5.41, 5.74) is 4.07. The van der Waals surface area contributed by atoms with E-state index in [2.05, 4.69) is 10.3 Å². The van der Waals surface area contributed by atoms with Crippen molar-refractivity contribution >= 4 is 49.6 Å². The van der Waals surface area contributed by atoms with Gasteiger partial charge >= 0.3 is 0 Å². The van der Waals surface area contributed by atoms with E-state index in [-0.39, 0.29) is 22.6 Å². The van der Waals surface area contributed by atoms with Crippen molar-refractivity contribution in [2.45, 2.75) is 6.92 Å². The van der Waals surface area contributed by atoms with Crippen LogP contribution >= 0.6 is 0 Å². The topological polar surface area (TPSA) is 118 Å². The highest BCUT2D eigenvalue weighted by molar-refractivity contribution is 7.92. The van der Waals surface area contributed by atoms with E-state index in [4.69, 9.17) is 14.1 Å². The monoisotopic (exact) mass is 656 g/mol. The van der Waals surface area contributed by atoms with Crippen molar-refractivity contribution in [2.24, 2.45) is 0 Å². The lowest BCUT2D eigenvalue weighted by molar-refractivity contribution is 0.0964. The summed E-state index contributed by atoms with van der Waals surface area (Å²) in [6, 6.07) is 18.6. The Morgan fingerprint density at radius 2 is 1.83 bits per heavy atom. The van der Waals surface area contributed by atoms with Crippen LogP contribution in [-0.4, -0.2) is 51.3 Å². The number of halogens is 2. The average molecular weight is 657 g/mol. The number of amides is 1. The molecule has 0 radical (unpaired) electrons. The molecule has 0 aliphatic rings. The van der Waals surface area contributed by atoms with Gasteiger partial charge in [-0.3, -0.25) is 9.10 Å². The number of benzene rings is 3. The molecule has 0 aliphatic carbocycles. The number of hydrogen-bond acceptors (Lipinski definition) is 6. The summed E-state index contributed by atoms with van der Waals surface area (Å²) in [5, 5.41) is 3.41. The molecule has 1 amide bonds. The molecule has 3 aromatic carbocycles. The van der Waals surface area contributed by atoms with Crippen LogP contribution in [0.2, 0.25) is 0 Å². The largest absolute Gasteiger partial charge is 0.501 e. The maximum absolute atomic E-state index is 14.7. The Bertz CT molecular complexity index is 2290. The summed E-state index contributed by atoms with van der Waals surface area (Å²) in [5.74, 6) is -1.11. The molecule has 0 spiro atoms. The molecule has 9 nitrogen and oxygen atoms in total. The van der Waals surface area contributed by atoms with Gasteiger partial charge in [-0.15, -0.1) is 0 Å². The first-order chi connectivity index (χ1) is 22.5. The molecular weight excluding hydrogens is 626 g/mol. The highest BCUT2D eigenvalue weighted by Gasteiger charge is 2.27. The molecule has 0 unspecified atom stereocenters. The zero-order chi connectivity index (χ0) is 33.5. The predicted octanol–water partition coefficient (Wildman–Crippen LogP) is 7.35. The molecule has 0 bridgehead atoms. The number of furan rings is 1. The van der Waals surface area contributed by atoms with Gasteiger partial charge in [0.1, 0.15) is 23.0 Å². The molecule has 3 heterocycles. The number of ether oxygens (including phenoxy) is 1. The van der Waals surface area contributed by atoms with Crippen molar-refractivity contribution in [1.82, 2.24) is 15.3 Å².